The number of anilines is 1. The molecule has 0 bridgehead atoms. The van der Waals surface area contributed by atoms with Crippen LogP contribution in [-0.2, 0) is 9.53 Å². The number of hydrogen-bond acceptors (Lipinski definition) is 5. The molecule has 1 unspecified atom stereocenters. The molecule has 1 fully saturated rings. The first-order chi connectivity index (χ1) is 17.5. The average molecular weight is 493 g/mol. The predicted octanol–water partition coefficient (Wildman–Crippen LogP) is 6.72. The van der Waals surface area contributed by atoms with E-state index in [0.29, 0.717) is 36.7 Å². The predicted molar refractivity (Wildman–Crippen MR) is 143 cm³/mol. The Kier molecular flexibility index (Phi) is 9.00. The van der Waals surface area contributed by atoms with Crippen LogP contribution in [0.5, 0.6) is 0 Å². The van der Waals surface area contributed by atoms with Crippen LogP contribution in [0.25, 0.3) is 10.8 Å². The summed E-state index contributed by atoms with van der Waals surface area (Å²) < 4.78 is 5.30. The number of carbonyl (C=O) groups excluding carboxylic acids is 3. The lowest BCUT2D eigenvalue weighted by Gasteiger charge is -2.29. The highest BCUT2D eigenvalue weighted by atomic mass is 16.5. The fourth-order valence-corrected chi connectivity index (χ4v) is 5.33. The molecule has 1 aliphatic heterocycles. The number of unbranched alkanes of at least 4 members (excludes halogenated alkanes) is 2. The summed E-state index contributed by atoms with van der Waals surface area (Å²) in [5.74, 6) is -0.676. The summed E-state index contributed by atoms with van der Waals surface area (Å²) in [5, 5.41) is 5.47. The van der Waals surface area contributed by atoms with Gasteiger partial charge in [0.15, 0.2) is 0 Å². The molecule has 194 valence electrons. The maximum Gasteiger partial charge on any atom is 0.308 e. The first-order valence-electron chi connectivity index (χ1n) is 13.9. The Labute approximate surface area is 214 Å². The van der Waals surface area contributed by atoms with E-state index >= 15 is 0 Å². The standard InChI is InChI=1S/C30H40N2O4/c1-3-21(2)30(35)36-20-11-7-10-19-32-28(33)24-16-12-15-23-26(18-17-25(27(23)24)29(32)34)31-22-13-8-5-4-6-9-14-22/h12,15-18,21-22,31H,3-11,13-14,19-20H2,1-2H3. The number of imide groups is 1. The molecule has 0 saturated heterocycles. The highest BCUT2D eigenvalue weighted by Gasteiger charge is 2.33. The molecule has 0 aromatic heterocycles. The van der Waals surface area contributed by atoms with Crippen molar-refractivity contribution in [3.63, 3.8) is 0 Å². The first kappa shape index (κ1) is 26.2. The lowest BCUT2D eigenvalue weighted by molar-refractivity contribution is -0.148. The molecule has 6 heteroatoms. The Bertz CT molecular complexity index is 1070. The van der Waals surface area contributed by atoms with E-state index in [2.05, 4.69) is 5.32 Å². The smallest absolute Gasteiger partial charge is 0.308 e. The van der Waals surface area contributed by atoms with E-state index in [1.165, 1.54) is 37.0 Å². The van der Waals surface area contributed by atoms with E-state index in [9.17, 15) is 14.4 Å². The Morgan fingerprint density at radius 3 is 2.39 bits per heavy atom. The molecule has 2 aliphatic rings. The molecule has 1 atom stereocenters. The molecule has 2 aromatic carbocycles. The van der Waals surface area contributed by atoms with E-state index in [0.717, 1.165) is 48.6 Å². The van der Waals surface area contributed by atoms with Crippen LogP contribution in [0.2, 0.25) is 0 Å². The fraction of sp³-hybridized carbons (Fsp3) is 0.567. The number of amides is 2. The third kappa shape index (κ3) is 5.91. The van der Waals surface area contributed by atoms with Crippen molar-refractivity contribution in [3.05, 3.63) is 41.5 Å². The van der Waals surface area contributed by atoms with Crippen LogP contribution in [0.1, 0.15) is 105 Å². The quantitative estimate of drug-likeness (QED) is 0.226. The summed E-state index contributed by atoms with van der Waals surface area (Å²) in [5.41, 5.74) is 2.22. The normalized spacial score (nSPS) is 17.6. The molecule has 6 nitrogen and oxygen atoms in total. The van der Waals surface area contributed by atoms with E-state index in [1.807, 2.05) is 44.2 Å². The Morgan fingerprint density at radius 2 is 1.67 bits per heavy atom. The second kappa shape index (κ2) is 12.4. The number of nitrogens with zero attached hydrogens (tertiary/aromatic N) is 1. The number of nitrogens with one attached hydrogen (secondary N) is 1. The van der Waals surface area contributed by atoms with Crippen LogP contribution < -0.4 is 5.32 Å². The van der Waals surface area contributed by atoms with Gasteiger partial charge in [0.05, 0.1) is 12.5 Å². The lowest BCUT2D eigenvalue weighted by Crippen LogP contribution is -2.41. The van der Waals surface area contributed by atoms with Gasteiger partial charge in [0, 0.05) is 40.2 Å². The number of ether oxygens (including phenoxy) is 1. The summed E-state index contributed by atoms with van der Waals surface area (Å²) in [4.78, 5) is 39.8. The van der Waals surface area contributed by atoms with E-state index in [4.69, 9.17) is 4.74 Å². The zero-order chi connectivity index (χ0) is 25.5. The van der Waals surface area contributed by atoms with Gasteiger partial charge < -0.3 is 10.1 Å². The molecule has 0 spiro atoms. The molecular formula is C30H40N2O4. The number of hydrogen-bond donors (Lipinski definition) is 1. The molecule has 36 heavy (non-hydrogen) atoms. The van der Waals surface area contributed by atoms with Gasteiger partial charge in [-0.1, -0.05) is 58.1 Å². The minimum absolute atomic E-state index is 0.0798. The molecule has 2 amide bonds. The van der Waals surface area contributed by atoms with Crippen molar-refractivity contribution in [2.45, 2.75) is 90.5 Å². The van der Waals surface area contributed by atoms with Crippen LogP contribution in [0, 0.1) is 5.92 Å². The van der Waals surface area contributed by atoms with Gasteiger partial charge in [-0.15, -0.1) is 0 Å². The van der Waals surface area contributed by atoms with Gasteiger partial charge in [-0.2, -0.15) is 0 Å². The molecule has 1 aliphatic carbocycles. The Morgan fingerprint density at radius 1 is 0.972 bits per heavy atom. The van der Waals surface area contributed by atoms with E-state index in [-0.39, 0.29) is 23.7 Å². The summed E-state index contributed by atoms with van der Waals surface area (Å²) in [6.45, 7) is 4.58. The molecule has 0 radical (unpaired) electrons. The van der Waals surface area contributed by atoms with Crippen molar-refractivity contribution in [1.29, 1.82) is 0 Å². The van der Waals surface area contributed by atoms with Gasteiger partial charge in [-0.05, 0) is 56.7 Å². The number of rotatable bonds is 10. The second-order valence-electron chi connectivity index (χ2n) is 10.4. The zero-order valence-corrected chi connectivity index (χ0v) is 21.8. The second-order valence-corrected chi connectivity index (χ2v) is 10.4. The number of carbonyl (C=O) groups is 3. The van der Waals surface area contributed by atoms with Crippen LogP contribution in [0.15, 0.2) is 30.3 Å². The summed E-state index contributed by atoms with van der Waals surface area (Å²) in [7, 11) is 0. The SMILES string of the molecule is CCC(C)C(=O)OCCCCCN1C(=O)c2cccc3c(NC4CCCCCCC4)ccc(c23)C1=O. The lowest BCUT2D eigenvalue weighted by atomic mass is 9.92. The molecule has 4 rings (SSSR count). The van der Waals surface area contributed by atoms with Crippen LogP contribution in [-0.4, -0.2) is 41.9 Å². The highest BCUT2D eigenvalue weighted by Crippen LogP contribution is 2.35. The fourth-order valence-electron chi connectivity index (χ4n) is 5.33. The minimum atomic E-state index is -0.218. The van der Waals surface area contributed by atoms with Crippen molar-refractivity contribution < 1.29 is 19.1 Å². The molecule has 1 heterocycles. The Balaban J connectivity index is 1.41. The van der Waals surface area contributed by atoms with E-state index in [1.54, 1.807) is 0 Å². The number of esters is 1. The average Bonchev–Trinajstić information content (AvgIpc) is 2.87. The summed E-state index contributed by atoms with van der Waals surface area (Å²) in [6, 6.07) is 10.1. The van der Waals surface area contributed by atoms with Gasteiger partial charge in [0.25, 0.3) is 11.8 Å². The third-order valence-electron chi connectivity index (χ3n) is 7.74. The third-order valence-corrected chi connectivity index (χ3v) is 7.74. The number of benzene rings is 2. The first-order valence-corrected chi connectivity index (χ1v) is 13.9. The van der Waals surface area contributed by atoms with E-state index < -0.39 is 0 Å². The molecular weight excluding hydrogens is 452 g/mol. The van der Waals surface area contributed by atoms with Crippen LogP contribution in [0.4, 0.5) is 5.69 Å². The van der Waals surface area contributed by atoms with Crippen molar-refractivity contribution in [2.75, 3.05) is 18.5 Å². The van der Waals surface area contributed by atoms with Gasteiger partial charge >= 0.3 is 5.97 Å². The van der Waals surface area contributed by atoms with Gasteiger partial charge in [0.1, 0.15) is 0 Å². The molecule has 1 saturated carbocycles. The van der Waals surface area contributed by atoms with Crippen LogP contribution >= 0.6 is 0 Å². The zero-order valence-electron chi connectivity index (χ0n) is 21.8. The van der Waals surface area contributed by atoms with Gasteiger partial charge in [-0.3, -0.25) is 19.3 Å². The largest absolute Gasteiger partial charge is 0.465 e. The monoisotopic (exact) mass is 492 g/mol. The van der Waals surface area contributed by atoms with Crippen molar-refractivity contribution in [3.8, 4) is 0 Å². The molecule has 2 aromatic rings. The van der Waals surface area contributed by atoms with Crippen LogP contribution in [0.3, 0.4) is 0 Å². The van der Waals surface area contributed by atoms with Crippen molar-refractivity contribution in [2.24, 2.45) is 5.92 Å². The maximum atomic E-state index is 13.3. The topological polar surface area (TPSA) is 75.7 Å². The summed E-state index contributed by atoms with van der Waals surface area (Å²) in [6.07, 6.45) is 11.7. The molecule has 1 N–H and O–H groups in total. The summed E-state index contributed by atoms with van der Waals surface area (Å²) >= 11 is 0. The minimum Gasteiger partial charge on any atom is -0.465 e. The van der Waals surface area contributed by atoms with Crippen molar-refractivity contribution in [1.82, 2.24) is 4.90 Å². The van der Waals surface area contributed by atoms with Gasteiger partial charge in [-0.25, -0.2) is 0 Å². The van der Waals surface area contributed by atoms with Gasteiger partial charge in [0.2, 0.25) is 0 Å². The van der Waals surface area contributed by atoms with Crippen molar-refractivity contribution >= 4 is 34.2 Å². The maximum absolute atomic E-state index is 13.3. The highest BCUT2D eigenvalue weighted by molar-refractivity contribution is 6.26. The Hall–Kier alpha value is -2.89.